The van der Waals surface area contributed by atoms with Crippen LogP contribution in [0.25, 0.3) is 33.3 Å². The van der Waals surface area contributed by atoms with Gasteiger partial charge >= 0.3 is 23.7 Å². The molecule has 93 heavy (non-hydrogen) atoms. The number of amides is 8. The molecule has 11 N–H and O–H groups in total. The minimum atomic E-state index is -1.12. The Hall–Kier alpha value is -9.66. The zero-order valence-corrected chi connectivity index (χ0v) is 53.1. The third kappa shape index (κ3) is 17.9. The van der Waals surface area contributed by atoms with Gasteiger partial charge in [-0.1, -0.05) is 58.4 Å². The van der Waals surface area contributed by atoms with Crippen LogP contribution in [0.15, 0.2) is 114 Å². The number of carboxylic acid groups (broad SMARTS) is 1. The van der Waals surface area contributed by atoms with E-state index in [1.165, 1.54) is 17.0 Å². The fourth-order valence-electron chi connectivity index (χ4n) is 12.0. The van der Waals surface area contributed by atoms with Crippen LogP contribution in [0.4, 0.5) is 29.7 Å². The van der Waals surface area contributed by atoms with Crippen LogP contribution in [-0.4, -0.2) is 106 Å². The van der Waals surface area contributed by atoms with Crippen molar-refractivity contribution in [3.63, 3.8) is 0 Å². The molecule has 27 heteroatoms. The molecule has 2 saturated carbocycles. The maximum Gasteiger partial charge on any atom is 0.417 e. The second-order valence-corrected chi connectivity index (χ2v) is 25.6. The molecule has 3 atom stereocenters. The number of aromatic amines is 2. The molecular formula is C66H73BrF2N10O14. The van der Waals surface area contributed by atoms with Gasteiger partial charge < -0.3 is 56.3 Å². The fourth-order valence-corrected chi connectivity index (χ4v) is 12.2. The predicted molar refractivity (Wildman–Crippen MR) is 343 cm³/mol. The Balaban J connectivity index is 0.000000226. The average molecular weight is 1350 g/mol. The molecular weight excluding hydrogens is 1270 g/mol. The summed E-state index contributed by atoms with van der Waals surface area (Å²) in [6, 6.07) is 22.1. The van der Waals surface area contributed by atoms with Gasteiger partial charge in [0.05, 0.1) is 11.0 Å². The van der Waals surface area contributed by atoms with E-state index < -0.39 is 76.8 Å². The zero-order chi connectivity index (χ0) is 66.8. The van der Waals surface area contributed by atoms with E-state index in [1.54, 1.807) is 32.9 Å². The van der Waals surface area contributed by atoms with Crippen molar-refractivity contribution < 1.29 is 65.8 Å². The highest BCUT2D eigenvalue weighted by atomic mass is 79.9. The molecule has 1 aliphatic heterocycles. The number of hydrogen-bond donors (Lipinski definition) is 10. The Bertz CT molecular complexity index is 4050. The topological polar surface area (TPSA) is 359 Å². The van der Waals surface area contributed by atoms with Crippen LogP contribution in [0.2, 0.25) is 0 Å². The van der Waals surface area contributed by atoms with Crippen molar-refractivity contribution >= 4 is 97.1 Å². The summed E-state index contributed by atoms with van der Waals surface area (Å²) in [4.78, 5) is 131. The number of H-pyrrole nitrogens is 2. The van der Waals surface area contributed by atoms with Gasteiger partial charge in [0.25, 0.3) is 5.91 Å². The lowest BCUT2D eigenvalue weighted by atomic mass is 9.81. The third-order valence-corrected chi connectivity index (χ3v) is 17.3. The first-order chi connectivity index (χ1) is 44.2. The van der Waals surface area contributed by atoms with Crippen molar-refractivity contribution in [1.29, 1.82) is 0 Å². The maximum absolute atomic E-state index is 15.0. The summed E-state index contributed by atoms with van der Waals surface area (Å²) in [6.07, 6.45) is 3.88. The van der Waals surface area contributed by atoms with E-state index in [9.17, 15) is 52.3 Å². The largest absolute Gasteiger partial charge is 0.465 e. The highest BCUT2D eigenvalue weighted by Gasteiger charge is 2.38. The van der Waals surface area contributed by atoms with Gasteiger partial charge in [0.1, 0.15) is 23.7 Å². The summed E-state index contributed by atoms with van der Waals surface area (Å²) in [5.74, 6) is -6.48. The number of benzene rings is 5. The minimum absolute atomic E-state index is 0.0617. The Labute approximate surface area is 540 Å². The lowest BCUT2D eigenvalue weighted by molar-refractivity contribution is -0.130. The first-order valence-corrected chi connectivity index (χ1v) is 31.4. The zero-order valence-electron chi connectivity index (χ0n) is 51.5. The molecule has 3 aliphatic rings. The Morgan fingerprint density at radius 2 is 1.31 bits per heavy atom. The number of alkyl carbamates (subject to hydrolysis) is 1. The van der Waals surface area contributed by atoms with E-state index in [1.807, 2.05) is 61.5 Å². The standard InChI is InChI=1S/C37H39FN6O8.C29H34BrFN4O6/c1-19-14-24(33(46)42-28-12-13-39-34(28)47)10-11-26(19)22-6-2-20(3-7-22)15-30(43-32(45)23-8-4-21(5-9-23)18-40-36(49)50)35(48)41-25-16-27(38)31-29(17-25)44-37(51)52-31;1-29(2,3)41-27(38)33-15-17-4-8-18(9-5-17)26(37)35(20-13-21(31)24-22(14-20)34-28(39)40-24)23(25(32)36)12-16-6-10-19(30)11-7-16/h2-3,6-7,10-11,14,16-17,21,23,28,30,40H,4-5,8-9,12-13,15,18H2,1H3,(H,39,47)(H,41,48)(H,42,46)(H,43,45)(H,44,51)(H,49,50);6-7,10-11,13-14,17-18,23H,4-5,8-9,12,15H2,1-3H3,(H2,32,36)(H,33,38)(H,34,39)/t21?,23?,28-,30-;17?,18?,23-/m00/s1. The normalized spacial score (nSPS) is 18.6. The second-order valence-electron chi connectivity index (χ2n) is 24.7. The molecule has 3 heterocycles. The highest BCUT2D eigenvalue weighted by molar-refractivity contribution is 9.10. The number of nitrogens with two attached hydrogens (primary N) is 1. The number of anilines is 2. The lowest BCUT2D eigenvalue weighted by Gasteiger charge is -2.35. The number of ether oxygens (including phenoxy) is 1. The van der Waals surface area contributed by atoms with E-state index in [2.05, 4.69) is 57.8 Å². The van der Waals surface area contributed by atoms with Crippen molar-refractivity contribution in [3.8, 4) is 11.1 Å². The van der Waals surface area contributed by atoms with Crippen LogP contribution < -0.4 is 54.0 Å². The van der Waals surface area contributed by atoms with Gasteiger partial charge in [0.2, 0.25) is 29.5 Å². The second kappa shape index (κ2) is 29.7. The quantitative estimate of drug-likeness (QED) is 0.0364. The van der Waals surface area contributed by atoms with Crippen molar-refractivity contribution in [2.45, 2.75) is 122 Å². The SMILES string of the molecule is CC(C)(C)OC(=O)NCC1CCC(C(=O)N(c2cc(F)c3oc(=O)[nH]c3c2)[C@@H](Cc2ccc(Br)cc2)C(N)=O)CC1.Cc1cc(C(=O)N[C@H]2CCNC2=O)ccc1-c1ccc(C[C@H](NC(=O)C2CCC(CNC(=O)O)CC2)C(=O)Nc2cc(F)c3oc(=O)[nH]c3c2)cc1. The minimum Gasteiger partial charge on any atom is -0.465 e. The summed E-state index contributed by atoms with van der Waals surface area (Å²) in [6.45, 7) is 8.51. The first kappa shape index (κ1) is 67.7. The number of rotatable bonds is 19. The van der Waals surface area contributed by atoms with E-state index >= 15 is 4.39 Å². The number of hydrogen-bond acceptors (Lipinski definition) is 13. The molecule has 8 amide bonds. The van der Waals surface area contributed by atoms with E-state index in [0.717, 1.165) is 44.4 Å². The average Bonchev–Trinajstić information content (AvgIpc) is 1.77. The van der Waals surface area contributed by atoms with Crippen LogP contribution in [0, 0.1) is 42.2 Å². The van der Waals surface area contributed by atoms with Gasteiger partial charge in [0, 0.05) is 77.9 Å². The fraction of sp³-hybridized carbons (Fsp3) is 0.394. The maximum atomic E-state index is 15.0. The number of nitrogens with zero attached hydrogens (tertiary/aromatic N) is 1. The van der Waals surface area contributed by atoms with E-state index in [0.29, 0.717) is 83.0 Å². The Kier molecular flexibility index (Phi) is 21.7. The third-order valence-electron chi connectivity index (χ3n) is 16.8. The summed E-state index contributed by atoms with van der Waals surface area (Å²) in [7, 11) is 0. The molecule has 2 aliphatic carbocycles. The van der Waals surface area contributed by atoms with Gasteiger partial charge in [-0.25, -0.2) is 28.0 Å². The van der Waals surface area contributed by atoms with Crippen molar-refractivity contribution in [2.24, 2.45) is 29.4 Å². The predicted octanol–water partition coefficient (Wildman–Crippen LogP) is 8.38. The first-order valence-electron chi connectivity index (χ1n) is 30.6. The van der Waals surface area contributed by atoms with Crippen LogP contribution in [0.3, 0.4) is 0 Å². The molecule has 0 unspecified atom stereocenters. The number of fused-ring (bicyclic) bond motifs is 2. The molecule has 0 bridgehead atoms. The Morgan fingerprint density at radius 3 is 1.89 bits per heavy atom. The van der Waals surface area contributed by atoms with Gasteiger partial charge in [-0.3, -0.25) is 43.6 Å². The van der Waals surface area contributed by atoms with Gasteiger partial charge in [-0.05, 0) is 162 Å². The lowest BCUT2D eigenvalue weighted by Crippen LogP contribution is -2.52. The number of aryl methyl sites for hydroxylation is 1. The molecule has 1 saturated heterocycles. The molecule has 24 nitrogen and oxygen atoms in total. The smallest absolute Gasteiger partial charge is 0.417 e. The summed E-state index contributed by atoms with van der Waals surface area (Å²) >= 11 is 3.39. The van der Waals surface area contributed by atoms with E-state index in [4.69, 9.17) is 24.4 Å². The van der Waals surface area contributed by atoms with Crippen LogP contribution in [0.1, 0.15) is 106 Å². The van der Waals surface area contributed by atoms with Crippen LogP contribution >= 0.6 is 15.9 Å². The van der Waals surface area contributed by atoms with Gasteiger partial charge in [-0.2, -0.15) is 0 Å². The molecule has 3 fully saturated rings. The molecule has 10 rings (SSSR count). The highest BCUT2D eigenvalue weighted by Crippen LogP contribution is 2.35. The molecule has 0 spiro atoms. The number of primary amides is 1. The van der Waals surface area contributed by atoms with Crippen molar-refractivity contribution in [1.82, 2.24) is 36.6 Å². The number of halogens is 3. The number of carbonyl (C=O) groups excluding carboxylic acids is 7. The van der Waals surface area contributed by atoms with Crippen molar-refractivity contribution in [2.75, 3.05) is 29.9 Å². The van der Waals surface area contributed by atoms with Crippen LogP contribution in [-0.2, 0) is 41.6 Å². The van der Waals surface area contributed by atoms with Gasteiger partial charge in [-0.15, -0.1) is 0 Å². The molecule has 7 aromatic rings. The number of carbonyl (C=O) groups is 8. The van der Waals surface area contributed by atoms with Crippen molar-refractivity contribution in [3.05, 3.63) is 150 Å². The van der Waals surface area contributed by atoms with E-state index in [-0.39, 0.29) is 87.8 Å². The number of oxazole rings is 2. The molecule has 2 aromatic heterocycles. The molecule has 0 radical (unpaired) electrons. The molecule has 492 valence electrons. The number of aromatic nitrogens is 2. The Morgan fingerprint density at radius 1 is 0.731 bits per heavy atom. The number of nitrogens with one attached hydrogen (secondary N) is 8. The van der Waals surface area contributed by atoms with Crippen LogP contribution in [0.5, 0.6) is 0 Å². The summed E-state index contributed by atoms with van der Waals surface area (Å²) < 4.78 is 45.5. The summed E-state index contributed by atoms with van der Waals surface area (Å²) in [5, 5.41) is 25.1. The van der Waals surface area contributed by atoms with Gasteiger partial charge in [0.15, 0.2) is 22.8 Å². The summed E-state index contributed by atoms with van der Waals surface area (Å²) in [5.41, 5.74) is 9.49. The molecule has 5 aromatic carbocycles. The monoisotopic (exact) mass is 1350 g/mol.